The summed E-state index contributed by atoms with van der Waals surface area (Å²) in [6.07, 6.45) is 0. The normalized spacial score (nSPS) is 11.7. The Hall–Kier alpha value is -12.2. The number of anilines is 3. The number of fused-ring (bicyclic) bond motifs is 10. The van der Waals surface area contributed by atoms with Crippen LogP contribution in [0, 0.1) is 0 Å². The van der Waals surface area contributed by atoms with Crippen molar-refractivity contribution < 1.29 is 0 Å². The summed E-state index contributed by atoms with van der Waals surface area (Å²) in [6.45, 7) is 0. The number of rotatable bonds is 11. The van der Waals surface area contributed by atoms with Gasteiger partial charge in [-0.3, -0.25) is 0 Å². The minimum Gasteiger partial charge on any atom is -0.310 e. The molecular weight excluding hydrogens is 1110 g/mol. The van der Waals surface area contributed by atoms with Gasteiger partial charge in [0.15, 0.2) is 0 Å². The van der Waals surface area contributed by atoms with E-state index >= 15 is 0 Å². The van der Waals surface area contributed by atoms with Gasteiger partial charge in [-0.1, -0.05) is 218 Å². The van der Waals surface area contributed by atoms with E-state index in [-0.39, 0.29) is 0 Å². The molecular formula is C88H58N4. The predicted octanol–water partition coefficient (Wildman–Crippen LogP) is 23.9. The van der Waals surface area contributed by atoms with Crippen molar-refractivity contribution in [2.45, 2.75) is 0 Å². The number of aromatic nitrogens is 3. The highest BCUT2D eigenvalue weighted by molar-refractivity contribution is 6.14. The summed E-state index contributed by atoms with van der Waals surface area (Å²) in [5, 5.41) is 9.86. The third-order valence-electron chi connectivity index (χ3n) is 18.8. The van der Waals surface area contributed by atoms with Gasteiger partial charge in [-0.2, -0.15) is 0 Å². The fourth-order valence-corrected chi connectivity index (χ4v) is 14.7. The summed E-state index contributed by atoms with van der Waals surface area (Å²) in [7, 11) is 0. The van der Waals surface area contributed by atoms with Crippen molar-refractivity contribution in [1.82, 2.24) is 13.7 Å². The summed E-state index contributed by atoms with van der Waals surface area (Å²) in [4.78, 5) is 2.38. The lowest BCUT2D eigenvalue weighted by Gasteiger charge is -2.26. The number of nitrogens with zero attached hydrogens (tertiary/aromatic N) is 4. The highest BCUT2D eigenvalue weighted by Gasteiger charge is 2.21. The molecule has 0 atom stereocenters. The third-order valence-corrected chi connectivity index (χ3v) is 18.8. The molecule has 0 spiro atoms. The van der Waals surface area contributed by atoms with Gasteiger partial charge in [0.05, 0.1) is 33.1 Å². The molecule has 430 valence electrons. The van der Waals surface area contributed by atoms with E-state index in [0.717, 1.165) is 56.3 Å². The first-order valence-corrected chi connectivity index (χ1v) is 31.6. The molecule has 3 heterocycles. The Morgan fingerprint density at radius 3 is 0.946 bits per heavy atom. The lowest BCUT2D eigenvalue weighted by Crippen LogP contribution is -2.10. The quantitative estimate of drug-likeness (QED) is 0.126. The van der Waals surface area contributed by atoms with Gasteiger partial charge in [-0.15, -0.1) is 0 Å². The minimum absolute atomic E-state index is 1.05. The van der Waals surface area contributed by atoms with Gasteiger partial charge in [0.2, 0.25) is 0 Å². The van der Waals surface area contributed by atoms with Gasteiger partial charge in [-0.05, 0) is 200 Å². The lowest BCUT2D eigenvalue weighted by atomic mass is 9.86. The lowest BCUT2D eigenvalue weighted by molar-refractivity contribution is 1.16. The molecule has 0 bridgehead atoms. The van der Waals surface area contributed by atoms with Crippen LogP contribution in [0.1, 0.15) is 0 Å². The van der Waals surface area contributed by atoms with E-state index in [0.29, 0.717) is 0 Å². The predicted molar refractivity (Wildman–Crippen MR) is 389 cm³/mol. The Morgan fingerprint density at radius 2 is 0.500 bits per heavy atom. The highest BCUT2D eigenvalue weighted by atomic mass is 15.1. The average molecular weight is 1170 g/mol. The first-order chi connectivity index (χ1) is 45.6. The maximum atomic E-state index is 2.43. The van der Waals surface area contributed by atoms with Crippen molar-refractivity contribution in [3.05, 3.63) is 352 Å². The molecule has 18 aromatic rings. The van der Waals surface area contributed by atoms with E-state index in [1.165, 1.54) is 110 Å². The SMILES string of the molecule is c1ccc(-c2cc(-c3ccc4c(c3)c3ccccc3n4-c3ccc(N(c4ccc(-n5c6ccccc6c6ccccc65)cc4)c4ccc(-n5c6ccccc6c6ccccc65)cc4)cc3)cc(-c3cccc4c(-c5ccccc5)ccc(-c5ccccc5)c34)c2)cc1. The topological polar surface area (TPSA) is 18.0 Å². The summed E-state index contributed by atoms with van der Waals surface area (Å²) in [5.74, 6) is 0. The van der Waals surface area contributed by atoms with Crippen molar-refractivity contribution in [2.75, 3.05) is 4.90 Å². The molecule has 0 aliphatic carbocycles. The average Bonchev–Trinajstić information content (AvgIpc) is 1.70. The van der Waals surface area contributed by atoms with Crippen LogP contribution in [0.4, 0.5) is 17.1 Å². The molecule has 92 heavy (non-hydrogen) atoms. The largest absolute Gasteiger partial charge is 0.310 e. The molecule has 0 aliphatic heterocycles. The standard InChI is InChI=1S/C88H58N4/c1-4-21-59(22-5-1)63-55-64(57-65(56-63)73-32-20-33-80-72(60-23-6-2-7-24-60)52-53-74(88(73)80)61-25-8-3-9-26-61)62-39-54-87-81(58-62)79-31-14-19-38-86(79)92(87)71-50-44-68(45-51-71)89(66-40-46-69(47-41-66)90-82-34-15-10-27-75(82)76-28-11-16-35-83(76)90)67-42-48-70(49-43-67)91-84-36-17-12-29-77(84)78-30-13-18-37-85(78)91/h1-58H. The Labute approximate surface area is 533 Å². The van der Waals surface area contributed by atoms with Crippen LogP contribution in [-0.2, 0) is 0 Å². The molecule has 18 rings (SSSR count). The summed E-state index contributed by atoms with van der Waals surface area (Å²) in [6, 6.07) is 129. The second-order valence-electron chi connectivity index (χ2n) is 24.0. The van der Waals surface area contributed by atoms with Crippen LogP contribution in [0.5, 0.6) is 0 Å². The molecule has 0 aliphatic rings. The van der Waals surface area contributed by atoms with Gasteiger partial charge in [-0.25, -0.2) is 0 Å². The van der Waals surface area contributed by atoms with Crippen LogP contribution in [0.2, 0.25) is 0 Å². The summed E-state index contributed by atoms with van der Waals surface area (Å²) in [5.41, 5.74) is 25.4. The van der Waals surface area contributed by atoms with Crippen molar-refractivity contribution in [2.24, 2.45) is 0 Å². The van der Waals surface area contributed by atoms with Crippen molar-refractivity contribution in [1.29, 1.82) is 0 Å². The molecule has 0 saturated heterocycles. The minimum atomic E-state index is 1.05. The number of hydrogen-bond donors (Lipinski definition) is 0. The highest BCUT2D eigenvalue weighted by Crippen LogP contribution is 2.46. The molecule has 3 aromatic heterocycles. The van der Waals surface area contributed by atoms with E-state index in [1.807, 2.05) is 0 Å². The van der Waals surface area contributed by atoms with Gasteiger partial charge >= 0.3 is 0 Å². The number of para-hydroxylation sites is 5. The second-order valence-corrected chi connectivity index (χ2v) is 24.0. The molecule has 0 amide bonds. The van der Waals surface area contributed by atoms with Crippen LogP contribution < -0.4 is 4.90 Å². The molecule has 4 heteroatoms. The molecule has 0 unspecified atom stereocenters. The second kappa shape index (κ2) is 21.8. The maximum Gasteiger partial charge on any atom is 0.0541 e. The van der Waals surface area contributed by atoms with Gasteiger partial charge in [0.1, 0.15) is 0 Å². The van der Waals surface area contributed by atoms with Crippen LogP contribution in [0.3, 0.4) is 0 Å². The molecule has 15 aromatic carbocycles. The van der Waals surface area contributed by atoms with E-state index in [4.69, 9.17) is 0 Å². The Bertz CT molecular complexity index is 5570. The Balaban J connectivity index is 0.757. The number of benzene rings is 15. The van der Waals surface area contributed by atoms with Crippen molar-refractivity contribution in [3.8, 4) is 72.7 Å². The first kappa shape index (κ1) is 52.8. The maximum absolute atomic E-state index is 2.43. The zero-order valence-electron chi connectivity index (χ0n) is 50.3. The van der Waals surface area contributed by atoms with Crippen LogP contribution in [0.15, 0.2) is 352 Å². The van der Waals surface area contributed by atoms with Crippen LogP contribution in [-0.4, -0.2) is 13.7 Å². The first-order valence-electron chi connectivity index (χ1n) is 31.6. The van der Waals surface area contributed by atoms with E-state index < -0.39 is 0 Å². The molecule has 0 radical (unpaired) electrons. The zero-order valence-corrected chi connectivity index (χ0v) is 50.3. The molecule has 0 N–H and O–H groups in total. The fourth-order valence-electron chi connectivity index (χ4n) is 14.7. The summed E-state index contributed by atoms with van der Waals surface area (Å²) >= 11 is 0. The number of hydrogen-bond acceptors (Lipinski definition) is 1. The van der Waals surface area contributed by atoms with E-state index in [1.54, 1.807) is 0 Å². The van der Waals surface area contributed by atoms with Crippen molar-refractivity contribution >= 4 is 93.3 Å². The van der Waals surface area contributed by atoms with Crippen molar-refractivity contribution in [3.63, 3.8) is 0 Å². The van der Waals surface area contributed by atoms with E-state index in [9.17, 15) is 0 Å². The van der Waals surface area contributed by atoms with Crippen LogP contribution >= 0.6 is 0 Å². The van der Waals surface area contributed by atoms with E-state index in [2.05, 4.69) is 370 Å². The Morgan fingerprint density at radius 1 is 0.174 bits per heavy atom. The molecule has 0 fully saturated rings. The fraction of sp³-hybridized carbons (Fsp3) is 0. The van der Waals surface area contributed by atoms with Gasteiger partial charge < -0.3 is 18.6 Å². The molecule has 0 saturated carbocycles. The van der Waals surface area contributed by atoms with Gasteiger partial charge in [0.25, 0.3) is 0 Å². The van der Waals surface area contributed by atoms with Crippen LogP contribution in [0.25, 0.3) is 149 Å². The third kappa shape index (κ3) is 8.76. The zero-order chi connectivity index (χ0) is 60.6. The summed E-state index contributed by atoms with van der Waals surface area (Å²) < 4.78 is 7.20. The molecule has 4 nitrogen and oxygen atoms in total. The Kier molecular flexibility index (Phi) is 12.5. The van der Waals surface area contributed by atoms with Gasteiger partial charge in [0, 0.05) is 66.4 Å². The smallest absolute Gasteiger partial charge is 0.0541 e. The monoisotopic (exact) mass is 1170 g/mol.